The van der Waals surface area contributed by atoms with Gasteiger partial charge in [-0.15, -0.1) is 0 Å². The number of hydrogen-bond acceptors (Lipinski definition) is 6. The number of ether oxygens (including phenoxy) is 2. The number of carbonyl (C=O) groups excluding carboxylic acids is 1. The van der Waals surface area contributed by atoms with Crippen LogP contribution in [0.1, 0.15) is 109 Å². The first-order chi connectivity index (χ1) is 22.0. The van der Waals surface area contributed by atoms with Gasteiger partial charge in [0.1, 0.15) is 11.5 Å². The van der Waals surface area contributed by atoms with Gasteiger partial charge in [-0.2, -0.15) is 0 Å². The molecule has 2 aromatic rings. The summed E-state index contributed by atoms with van der Waals surface area (Å²) in [7, 11) is -2.64. The van der Waals surface area contributed by atoms with E-state index in [2.05, 4.69) is 48.7 Å². The molecule has 1 amide bonds. The summed E-state index contributed by atoms with van der Waals surface area (Å²) in [5, 5.41) is 3.02. The monoisotopic (exact) mass is 641 g/mol. The lowest BCUT2D eigenvalue weighted by atomic mass is 10.1. The summed E-state index contributed by atoms with van der Waals surface area (Å²) in [5.41, 5.74) is 2.27. The van der Waals surface area contributed by atoms with Crippen LogP contribution >= 0.6 is 0 Å². The molecule has 1 N–H and O–H groups in total. The Hall–Kier alpha value is -2.65. The van der Waals surface area contributed by atoms with Crippen LogP contribution in [0.2, 0.25) is 6.04 Å². The van der Waals surface area contributed by atoms with Crippen LogP contribution in [-0.4, -0.2) is 54.3 Å². The molecule has 0 saturated heterocycles. The van der Waals surface area contributed by atoms with Gasteiger partial charge in [0.25, 0.3) is 0 Å². The van der Waals surface area contributed by atoms with Gasteiger partial charge >= 0.3 is 8.80 Å². The third kappa shape index (κ3) is 17.6. The molecule has 0 aliphatic heterocycles. The van der Waals surface area contributed by atoms with Crippen molar-refractivity contribution in [1.29, 1.82) is 0 Å². The van der Waals surface area contributed by atoms with Gasteiger partial charge in [0.05, 0.1) is 13.2 Å². The van der Waals surface area contributed by atoms with Crippen molar-refractivity contribution in [2.75, 3.05) is 39.6 Å². The largest absolute Gasteiger partial charge is 0.500 e. The van der Waals surface area contributed by atoms with Gasteiger partial charge < -0.3 is 28.1 Å². The second-order valence-corrected chi connectivity index (χ2v) is 13.9. The third-order valence-electron chi connectivity index (χ3n) is 7.39. The normalized spacial score (nSPS) is 11.6. The molecule has 0 heterocycles. The van der Waals surface area contributed by atoms with Crippen molar-refractivity contribution in [3.63, 3.8) is 0 Å². The summed E-state index contributed by atoms with van der Waals surface area (Å²) in [5.74, 6) is 1.88. The van der Waals surface area contributed by atoms with Gasteiger partial charge in [0.2, 0.25) is 5.91 Å². The van der Waals surface area contributed by atoms with E-state index in [1.54, 1.807) is 0 Å². The summed E-state index contributed by atoms with van der Waals surface area (Å²) in [6, 6.07) is 17.1. The highest BCUT2D eigenvalue weighted by molar-refractivity contribution is 6.60. The Kier molecular flexibility index (Phi) is 21.0. The van der Waals surface area contributed by atoms with Gasteiger partial charge in [0.15, 0.2) is 0 Å². The van der Waals surface area contributed by atoms with Crippen molar-refractivity contribution >= 4 is 26.9 Å². The van der Waals surface area contributed by atoms with E-state index in [0.29, 0.717) is 45.4 Å². The second kappa shape index (κ2) is 24.6. The van der Waals surface area contributed by atoms with Crippen molar-refractivity contribution in [3.05, 3.63) is 59.7 Å². The highest BCUT2D eigenvalue weighted by Gasteiger charge is 2.39. The van der Waals surface area contributed by atoms with Crippen LogP contribution in [0.5, 0.6) is 11.5 Å². The van der Waals surface area contributed by atoms with Gasteiger partial charge in [-0.1, -0.05) is 75.4 Å². The predicted octanol–water partition coefficient (Wildman–Crippen LogP) is 9.09. The first-order valence-electron chi connectivity index (χ1n) is 17.4. The lowest BCUT2D eigenvalue weighted by molar-refractivity contribution is -0.121. The van der Waals surface area contributed by atoms with E-state index in [1.807, 2.05) is 45.0 Å². The van der Waals surface area contributed by atoms with Crippen LogP contribution in [0, 0.1) is 0 Å². The highest BCUT2D eigenvalue weighted by atomic mass is 28.4. The number of amides is 1. The van der Waals surface area contributed by atoms with Crippen LogP contribution in [0.15, 0.2) is 48.5 Å². The Morgan fingerprint density at radius 3 is 1.58 bits per heavy atom. The van der Waals surface area contributed by atoms with Gasteiger partial charge in [-0.3, -0.25) is 4.79 Å². The van der Waals surface area contributed by atoms with E-state index < -0.39 is 8.80 Å². The molecular formula is C37H59NO6Si. The molecule has 2 aromatic carbocycles. The molecule has 252 valence electrons. The molecule has 0 radical (unpaired) electrons. The smallest absolute Gasteiger partial charge is 0.494 e. The first kappa shape index (κ1) is 38.5. The molecule has 2 rings (SSSR count). The quantitative estimate of drug-likeness (QED) is 0.0596. The summed E-state index contributed by atoms with van der Waals surface area (Å²) < 4.78 is 29.4. The molecule has 0 unspecified atom stereocenters. The fraction of sp³-hybridized carbons (Fsp3) is 0.595. The third-order valence-corrected chi connectivity index (χ3v) is 10.5. The molecule has 0 aliphatic carbocycles. The molecule has 45 heavy (non-hydrogen) atoms. The summed E-state index contributed by atoms with van der Waals surface area (Å²) in [6.07, 6.45) is 15.9. The fourth-order valence-electron chi connectivity index (χ4n) is 4.99. The van der Waals surface area contributed by atoms with Crippen molar-refractivity contribution < 1.29 is 27.5 Å². The lowest BCUT2D eigenvalue weighted by Crippen LogP contribution is -2.46. The SMILES string of the molecule is CCCCCCCCOc1ccc(/C=C/c2ccc(OCCCCCC(=O)NCCC[Si](OCC)(OCC)OCC)cc2)cc1. The topological polar surface area (TPSA) is 75.3 Å². The summed E-state index contributed by atoms with van der Waals surface area (Å²) >= 11 is 0. The number of benzene rings is 2. The Morgan fingerprint density at radius 2 is 1.09 bits per heavy atom. The number of hydrogen-bond donors (Lipinski definition) is 1. The van der Waals surface area contributed by atoms with Crippen LogP contribution in [-0.2, 0) is 18.1 Å². The zero-order valence-electron chi connectivity index (χ0n) is 28.5. The number of unbranched alkanes of at least 4 members (excludes halogenated alkanes) is 7. The predicted molar refractivity (Wildman–Crippen MR) is 188 cm³/mol. The molecule has 0 aliphatic rings. The van der Waals surface area contributed by atoms with Crippen LogP contribution in [0.3, 0.4) is 0 Å². The van der Waals surface area contributed by atoms with Crippen molar-refractivity contribution in [2.45, 2.75) is 104 Å². The fourth-order valence-corrected chi connectivity index (χ4v) is 7.60. The average molecular weight is 642 g/mol. The lowest BCUT2D eigenvalue weighted by Gasteiger charge is -2.28. The Balaban J connectivity index is 1.56. The second-order valence-electron chi connectivity index (χ2n) is 11.2. The average Bonchev–Trinajstić information content (AvgIpc) is 3.05. The standard InChI is InChI=1S/C37H59NO6Si/c1-5-9-10-11-12-15-30-40-35-25-21-33(22-26-35)19-20-34-23-27-36(28-24-34)41-31-16-13-14-18-37(39)38-29-17-32-45(42-6-2,43-7-3)44-8-4/h19-28H,5-18,29-32H2,1-4H3,(H,38,39)/b20-19+. The van der Waals surface area contributed by atoms with Crippen molar-refractivity contribution in [3.8, 4) is 11.5 Å². The Morgan fingerprint density at radius 1 is 0.622 bits per heavy atom. The van der Waals surface area contributed by atoms with E-state index in [9.17, 15) is 4.79 Å². The van der Waals surface area contributed by atoms with Crippen LogP contribution in [0.25, 0.3) is 12.2 Å². The van der Waals surface area contributed by atoms with Crippen molar-refractivity contribution in [1.82, 2.24) is 5.32 Å². The maximum Gasteiger partial charge on any atom is 0.500 e. The number of rotatable bonds is 27. The molecule has 0 spiro atoms. The van der Waals surface area contributed by atoms with E-state index in [0.717, 1.165) is 61.3 Å². The minimum Gasteiger partial charge on any atom is -0.494 e. The minimum absolute atomic E-state index is 0.0869. The van der Waals surface area contributed by atoms with E-state index in [1.165, 1.54) is 32.1 Å². The maximum atomic E-state index is 12.2. The minimum atomic E-state index is -2.64. The number of carbonyl (C=O) groups is 1. The summed E-state index contributed by atoms with van der Waals surface area (Å²) in [6.45, 7) is 11.8. The molecule has 0 aromatic heterocycles. The van der Waals surface area contributed by atoms with Gasteiger partial charge in [-0.05, 0) is 88.3 Å². The van der Waals surface area contributed by atoms with E-state index >= 15 is 0 Å². The molecule has 0 bridgehead atoms. The van der Waals surface area contributed by atoms with Crippen molar-refractivity contribution in [2.24, 2.45) is 0 Å². The molecule has 0 fully saturated rings. The van der Waals surface area contributed by atoms with Gasteiger partial charge in [-0.25, -0.2) is 0 Å². The van der Waals surface area contributed by atoms with Gasteiger partial charge in [0, 0.05) is 38.8 Å². The molecular weight excluding hydrogens is 582 g/mol. The van der Waals surface area contributed by atoms with Crippen LogP contribution in [0.4, 0.5) is 0 Å². The highest BCUT2D eigenvalue weighted by Crippen LogP contribution is 2.19. The first-order valence-corrected chi connectivity index (χ1v) is 19.3. The Labute approximate surface area is 274 Å². The molecule has 0 atom stereocenters. The molecule has 8 heteroatoms. The van der Waals surface area contributed by atoms with E-state index in [-0.39, 0.29) is 5.91 Å². The molecule has 0 saturated carbocycles. The number of nitrogens with one attached hydrogen (secondary N) is 1. The zero-order valence-corrected chi connectivity index (χ0v) is 29.5. The zero-order chi connectivity index (χ0) is 32.4. The van der Waals surface area contributed by atoms with Crippen LogP contribution < -0.4 is 14.8 Å². The Bertz CT molecular complexity index is 1030. The van der Waals surface area contributed by atoms with E-state index in [4.69, 9.17) is 22.8 Å². The molecule has 7 nitrogen and oxygen atoms in total. The maximum absolute atomic E-state index is 12.2. The summed E-state index contributed by atoms with van der Waals surface area (Å²) in [4.78, 5) is 12.2.